The van der Waals surface area contributed by atoms with Crippen LogP contribution in [0.4, 0.5) is 11.4 Å². The van der Waals surface area contributed by atoms with Gasteiger partial charge in [-0.2, -0.15) is 0 Å². The van der Waals surface area contributed by atoms with Crippen LogP contribution in [0, 0.1) is 0 Å². The van der Waals surface area contributed by atoms with Crippen LogP contribution in [-0.4, -0.2) is 31.7 Å². The summed E-state index contributed by atoms with van der Waals surface area (Å²) in [5, 5.41) is 15.7. The number of Topliss-reactive ketones (excluding diaryl/α,β-unsaturated/α-hetero) is 1. The van der Waals surface area contributed by atoms with Gasteiger partial charge in [-0.15, -0.1) is 10.2 Å². The summed E-state index contributed by atoms with van der Waals surface area (Å²) in [5.41, 5.74) is 2.19. The van der Waals surface area contributed by atoms with Gasteiger partial charge in [0.2, 0.25) is 5.91 Å². The Morgan fingerprint density at radius 1 is 1.06 bits per heavy atom. The molecule has 1 aromatic heterocycles. The highest BCUT2D eigenvalue weighted by Gasteiger charge is 2.20. The number of carbonyl (C=O) groups is 2. The van der Waals surface area contributed by atoms with E-state index < -0.39 is 0 Å². The molecule has 0 fully saturated rings. The Morgan fingerprint density at radius 2 is 1.71 bits per heavy atom. The largest absolute Gasteiger partial charge is 0.378 e. The predicted octanol–water partition coefficient (Wildman–Crippen LogP) is 4.89. The minimum atomic E-state index is -0.376. The standard InChI is InChI=1S/C22H24ClN5O2S/c1-4-28-20(13-24-18-11-7-17(23)8-12-18)26-27-22(28)31-15(3)21(30)25-19-9-5-16(6-10-19)14(2)29/h5-12,15,24H,4,13H2,1-3H3,(H,25,30). The number of carbonyl (C=O) groups excluding carboxylic acids is 2. The Balaban J connectivity index is 1.61. The Hall–Kier alpha value is -2.84. The molecule has 0 aliphatic carbocycles. The van der Waals surface area contributed by atoms with E-state index in [9.17, 15) is 9.59 Å². The number of aromatic nitrogens is 3. The molecule has 3 rings (SSSR count). The van der Waals surface area contributed by atoms with E-state index >= 15 is 0 Å². The van der Waals surface area contributed by atoms with Crippen LogP contribution in [0.25, 0.3) is 0 Å². The monoisotopic (exact) mass is 457 g/mol. The summed E-state index contributed by atoms with van der Waals surface area (Å²) in [6.07, 6.45) is 0. The van der Waals surface area contributed by atoms with Gasteiger partial charge in [-0.1, -0.05) is 23.4 Å². The van der Waals surface area contributed by atoms with Gasteiger partial charge >= 0.3 is 0 Å². The van der Waals surface area contributed by atoms with E-state index in [4.69, 9.17) is 11.6 Å². The van der Waals surface area contributed by atoms with Gasteiger partial charge in [0.15, 0.2) is 16.8 Å². The highest BCUT2D eigenvalue weighted by molar-refractivity contribution is 8.00. The smallest absolute Gasteiger partial charge is 0.237 e. The van der Waals surface area contributed by atoms with Crippen LogP contribution in [0.5, 0.6) is 0 Å². The molecule has 1 amide bonds. The first-order chi connectivity index (χ1) is 14.9. The number of halogens is 1. The lowest BCUT2D eigenvalue weighted by Crippen LogP contribution is -2.23. The SMILES string of the molecule is CCn1c(CNc2ccc(Cl)cc2)nnc1SC(C)C(=O)Nc1ccc(C(C)=O)cc1. The number of ketones is 1. The summed E-state index contributed by atoms with van der Waals surface area (Å²) in [6, 6.07) is 14.3. The molecular formula is C22H24ClN5O2S. The number of hydrogen-bond acceptors (Lipinski definition) is 6. The highest BCUT2D eigenvalue weighted by Crippen LogP contribution is 2.24. The van der Waals surface area contributed by atoms with Crippen LogP contribution in [0.1, 0.15) is 37.0 Å². The molecule has 9 heteroatoms. The molecule has 2 aromatic carbocycles. The predicted molar refractivity (Wildman–Crippen MR) is 125 cm³/mol. The fourth-order valence-corrected chi connectivity index (χ4v) is 3.91. The van der Waals surface area contributed by atoms with Crippen molar-refractivity contribution in [2.24, 2.45) is 0 Å². The summed E-state index contributed by atoms with van der Waals surface area (Å²) in [6.45, 7) is 6.54. The molecule has 7 nitrogen and oxygen atoms in total. The Labute approximate surface area is 190 Å². The summed E-state index contributed by atoms with van der Waals surface area (Å²) >= 11 is 7.27. The molecule has 0 spiro atoms. The Morgan fingerprint density at radius 3 is 2.32 bits per heavy atom. The minimum absolute atomic E-state index is 0.0120. The highest BCUT2D eigenvalue weighted by atomic mass is 35.5. The average molecular weight is 458 g/mol. The van der Waals surface area contributed by atoms with Crippen molar-refractivity contribution >= 4 is 46.4 Å². The molecule has 0 bridgehead atoms. The van der Waals surface area contributed by atoms with Crippen LogP contribution in [0.3, 0.4) is 0 Å². The van der Waals surface area contributed by atoms with E-state index in [1.807, 2.05) is 42.7 Å². The van der Waals surface area contributed by atoms with Crippen LogP contribution >= 0.6 is 23.4 Å². The molecule has 3 aromatic rings. The average Bonchev–Trinajstić information content (AvgIpc) is 3.15. The molecule has 0 aliphatic rings. The van der Waals surface area contributed by atoms with Gasteiger partial charge < -0.3 is 15.2 Å². The number of nitrogens with zero attached hydrogens (tertiary/aromatic N) is 3. The fourth-order valence-electron chi connectivity index (χ4n) is 2.85. The van der Waals surface area contributed by atoms with Crippen LogP contribution in [-0.2, 0) is 17.9 Å². The maximum Gasteiger partial charge on any atom is 0.237 e. The number of amides is 1. The molecule has 2 N–H and O–H groups in total. The van der Waals surface area contributed by atoms with Gasteiger partial charge in [-0.25, -0.2) is 0 Å². The normalized spacial score (nSPS) is 11.7. The third kappa shape index (κ3) is 6.08. The first-order valence-corrected chi connectivity index (χ1v) is 11.1. The maximum atomic E-state index is 12.6. The lowest BCUT2D eigenvalue weighted by Gasteiger charge is -2.13. The topological polar surface area (TPSA) is 88.9 Å². The maximum absolute atomic E-state index is 12.6. The number of rotatable bonds is 9. The summed E-state index contributed by atoms with van der Waals surface area (Å²) in [7, 11) is 0. The Bertz CT molecular complexity index is 1050. The summed E-state index contributed by atoms with van der Waals surface area (Å²) in [4.78, 5) is 24.0. The van der Waals surface area contributed by atoms with Crippen molar-refractivity contribution < 1.29 is 9.59 Å². The lowest BCUT2D eigenvalue weighted by atomic mass is 10.1. The van der Waals surface area contributed by atoms with Crippen molar-refractivity contribution in [1.82, 2.24) is 14.8 Å². The van der Waals surface area contributed by atoms with Gasteiger partial charge in [0.05, 0.1) is 11.8 Å². The molecule has 0 saturated carbocycles. The molecule has 1 heterocycles. The zero-order valence-corrected chi connectivity index (χ0v) is 19.1. The number of thioether (sulfide) groups is 1. The van der Waals surface area contributed by atoms with E-state index in [0.29, 0.717) is 34.5 Å². The molecule has 1 unspecified atom stereocenters. The van der Waals surface area contributed by atoms with Crippen molar-refractivity contribution in [3.8, 4) is 0 Å². The number of hydrogen-bond donors (Lipinski definition) is 2. The molecular weight excluding hydrogens is 434 g/mol. The van der Waals surface area contributed by atoms with E-state index in [1.54, 1.807) is 24.3 Å². The molecule has 0 saturated heterocycles. The summed E-state index contributed by atoms with van der Waals surface area (Å²) < 4.78 is 1.99. The van der Waals surface area contributed by atoms with Crippen molar-refractivity contribution in [1.29, 1.82) is 0 Å². The first kappa shape index (κ1) is 22.8. The second-order valence-corrected chi connectivity index (χ2v) is 8.63. The lowest BCUT2D eigenvalue weighted by molar-refractivity contribution is -0.115. The number of benzene rings is 2. The van der Waals surface area contributed by atoms with Crippen molar-refractivity contribution in [2.75, 3.05) is 10.6 Å². The number of nitrogens with one attached hydrogen (secondary N) is 2. The second-order valence-electron chi connectivity index (χ2n) is 6.89. The van der Waals surface area contributed by atoms with E-state index in [2.05, 4.69) is 20.8 Å². The van der Waals surface area contributed by atoms with E-state index in [0.717, 1.165) is 11.5 Å². The molecule has 1 atom stereocenters. The molecule has 0 radical (unpaired) electrons. The van der Waals surface area contributed by atoms with Gasteiger partial charge in [0.1, 0.15) is 0 Å². The van der Waals surface area contributed by atoms with Crippen molar-refractivity contribution in [3.63, 3.8) is 0 Å². The van der Waals surface area contributed by atoms with Crippen LogP contribution < -0.4 is 10.6 Å². The van der Waals surface area contributed by atoms with Crippen LogP contribution in [0.15, 0.2) is 53.7 Å². The quantitative estimate of drug-likeness (QED) is 0.351. The summed E-state index contributed by atoms with van der Waals surface area (Å²) in [5.74, 6) is 0.626. The molecule has 31 heavy (non-hydrogen) atoms. The van der Waals surface area contributed by atoms with Crippen molar-refractivity contribution in [3.05, 3.63) is 64.9 Å². The zero-order chi connectivity index (χ0) is 22.4. The molecule has 162 valence electrons. The van der Waals surface area contributed by atoms with Gasteiger partial charge in [-0.05, 0) is 69.3 Å². The van der Waals surface area contributed by atoms with E-state index in [1.165, 1.54) is 18.7 Å². The number of anilines is 2. The van der Waals surface area contributed by atoms with Crippen molar-refractivity contribution in [2.45, 2.75) is 44.3 Å². The minimum Gasteiger partial charge on any atom is -0.378 e. The second kappa shape index (κ2) is 10.5. The van der Waals surface area contributed by atoms with Gasteiger partial charge in [0, 0.05) is 28.5 Å². The Kier molecular flexibility index (Phi) is 7.70. The van der Waals surface area contributed by atoms with Gasteiger partial charge in [0.25, 0.3) is 0 Å². The third-order valence-corrected chi connectivity index (χ3v) is 5.95. The third-order valence-electron chi connectivity index (χ3n) is 4.61. The van der Waals surface area contributed by atoms with E-state index in [-0.39, 0.29) is 16.9 Å². The fraction of sp³-hybridized carbons (Fsp3) is 0.273. The van der Waals surface area contributed by atoms with Gasteiger partial charge in [-0.3, -0.25) is 9.59 Å². The first-order valence-electron chi connectivity index (χ1n) is 9.87. The molecule has 0 aliphatic heterocycles. The van der Waals surface area contributed by atoms with Crippen LogP contribution in [0.2, 0.25) is 5.02 Å². The zero-order valence-electron chi connectivity index (χ0n) is 17.6.